The van der Waals surface area contributed by atoms with E-state index < -0.39 is 0 Å². The molecule has 1 saturated heterocycles. The van der Waals surface area contributed by atoms with Crippen molar-refractivity contribution >= 4 is 0 Å². The normalized spacial score (nSPS) is 15.9. The van der Waals surface area contributed by atoms with Gasteiger partial charge in [0.25, 0.3) is 0 Å². The first-order valence-corrected chi connectivity index (χ1v) is 12.1. The molecule has 0 bridgehead atoms. The Balaban J connectivity index is 1.22. The lowest BCUT2D eigenvalue weighted by molar-refractivity contribution is -0.0840. The number of likely N-dealkylation sites (tertiary alicyclic amines) is 1. The van der Waals surface area contributed by atoms with Crippen molar-refractivity contribution in [1.29, 1.82) is 0 Å². The molecule has 0 N–H and O–H groups in total. The summed E-state index contributed by atoms with van der Waals surface area (Å²) in [6.45, 7) is 11.1. The molecule has 2 heterocycles. The summed E-state index contributed by atoms with van der Waals surface area (Å²) in [5, 5.41) is 4.29. The van der Waals surface area contributed by atoms with Crippen LogP contribution in [-0.4, -0.2) is 53.7 Å². The van der Waals surface area contributed by atoms with Crippen LogP contribution in [-0.2, 0) is 17.8 Å². The van der Waals surface area contributed by atoms with E-state index in [-0.39, 0.29) is 5.60 Å². The molecule has 0 unspecified atom stereocenters. The maximum absolute atomic E-state index is 6.19. The largest absolute Gasteiger partial charge is 0.492 e. The van der Waals surface area contributed by atoms with E-state index in [1.807, 2.05) is 31.1 Å². The Hall–Kier alpha value is -2.83. The number of hydrogen-bond acceptors (Lipinski definition) is 5. The van der Waals surface area contributed by atoms with Gasteiger partial charge >= 0.3 is 0 Å². The first-order valence-electron chi connectivity index (χ1n) is 12.1. The fourth-order valence-corrected chi connectivity index (χ4v) is 4.49. The van der Waals surface area contributed by atoms with Crippen molar-refractivity contribution in [1.82, 2.24) is 14.7 Å². The lowest BCUT2D eigenvalue weighted by atomic mass is 9.91. The first kappa shape index (κ1) is 24.3. The Morgan fingerprint density at radius 1 is 0.941 bits per heavy atom. The molecule has 1 aromatic heterocycles. The molecule has 6 nitrogen and oxygen atoms in total. The van der Waals surface area contributed by atoms with E-state index in [0.717, 1.165) is 50.5 Å². The maximum Gasteiger partial charge on any atom is 0.122 e. The van der Waals surface area contributed by atoms with Crippen LogP contribution in [0.25, 0.3) is 0 Å². The zero-order chi connectivity index (χ0) is 24.0. The minimum atomic E-state index is -0.224. The van der Waals surface area contributed by atoms with Crippen LogP contribution in [0.4, 0.5) is 0 Å². The fourth-order valence-electron chi connectivity index (χ4n) is 4.49. The van der Waals surface area contributed by atoms with Crippen LogP contribution in [0.15, 0.2) is 54.9 Å². The maximum atomic E-state index is 6.19. The van der Waals surface area contributed by atoms with Gasteiger partial charge in [-0.05, 0) is 68.5 Å². The molecule has 4 rings (SSSR count). The van der Waals surface area contributed by atoms with Gasteiger partial charge in [-0.25, -0.2) is 0 Å². The monoisotopic (exact) mass is 463 g/mol. The van der Waals surface area contributed by atoms with Crippen LogP contribution in [0, 0.1) is 20.8 Å². The van der Waals surface area contributed by atoms with Crippen LogP contribution in [0.3, 0.4) is 0 Å². The van der Waals surface area contributed by atoms with Crippen molar-refractivity contribution in [2.75, 3.05) is 33.4 Å². The standard InChI is InChI=1S/C28H37N3O3/c1-22-5-10-27(24(3)17-22)34-21-28(32-4)11-13-30(14-12-28)20-25-6-8-26(9-7-25)33-16-15-31-19-23(2)18-29-31/h5-10,17-19H,11-16,20-21H2,1-4H3. The molecule has 0 amide bonds. The highest BCUT2D eigenvalue weighted by molar-refractivity contribution is 5.35. The summed E-state index contributed by atoms with van der Waals surface area (Å²) in [6.07, 6.45) is 5.81. The van der Waals surface area contributed by atoms with E-state index in [2.05, 4.69) is 66.3 Å². The topological polar surface area (TPSA) is 48.8 Å². The number of nitrogens with zero attached hydrogens (tertiary/aromatic N) is 3. The Kier molecular flexibility index (Phi) is 7.91. The lowest BCUT2D eigenvalue weighted by Crippen LogP contribution is -2.48. The molecule has 1 aliphatic rings. The van der Waals surface area contributed by atoms with Crippen molar-refractivity contribution in [2.45, 2.75) is 52.3 Å². The SMILES string of the molecule is COC1(COc2ccc(C)cc2C)CCN(Cc2ccc(OCCn3cc(C)cn3)cc2)CC1. The Labute approximate surface area is 203 Å². The first-order chi connectivity index (χ1) is 16.4. The van der Waals surface area contributed by atoms with E-state index in [4.69, 9.17) is 14.2 Å². The fraction of sp³-hybridized carbons (Fsp3) is 0.464. The predicted octanol–water partition coefficient (Wildman–Crippen LogP) is 4.95. The van der Waals surface area contributed by atoms with Gasteiger partial charge in [0, 0.05) is 32.9 Å². The Bertz CT molecular complexity index is 1050. The van der Waals surface area contributed by atoms with Gasteiger partial charge in [-0.1, -0.05) is 29.8 Å². The van der Waals surface area contributed by atoms with Gasteiger partial charge in [0.05, 0.1) is 12.7 Å². The number of aryl methyl sites for hydroxylation is 3. The highest BCUT2D eigenvalue weighted by Crippen LogP contribution is 2.29. The van der Waals surface area contributed by atoms with E-state index in [9.17, 15) is 0 Å². The second-order valence-electron chi connectivity index (χ2n) is 9.49. The number of aromatic nitrogens is 2. The molecule has 3 aromatic rings. The van der Waals surface area contributed by atoms with Gasteiger partial charge in [-0.2, -0.15) is 5.10 Å². The highest BCUT2D eigenvalue weighted by atomic mass is 16.5. The average molecular weight is 464 g/mol. The van der Waals surface area contributed by atoms with Crippen LogP contribution in [0.1, 0.15) is 35.1 Å². The third kappa shape index (κ3) is 6.39. The van der Waals surface area contributed by atoms with Crippen molar-refractivity contribution in [3.63, 3.8) is 0 Å². The minimum Gasteiger partial charge on any atom is -0.492 e. The summed E-state index contributed by atoms with van der Waals surface area (Å²) in [7, 11) is 1.81. The summed E-state index contributed by atoms with van der Waals surface area (Å²) in [4.78, 5) is 2.49. The van der Waals surface area contributed by atoms with Crippen molar-refractivity contribution in [3.05, 3.63) is 77.1 Å². The van der Waals surface area contributed by atoms with Crippen LogP contribution in [0.5, 0.6) is 11.5 Å². The van der Waals surface area contributed by atoms with Gasteiger partial charge in [0.1, 0.15) is 30.3 Å². The van der Waals surface area contributed by atoms with Crippen LogP contribution in [0.2, 0.25) is 0 Å². The minimum absolute atomic E-state index is 0.224. The van der Waals surface area contributed by atoms with E-state index in [1.165, 1.54) is 22.3 Å². The van der Waals surface area contributed by atoms with E-state index in [1.54, 1.807) is 0 Å². The molecule has 2 aromatic carbocycles. The molecule has 0 radical (unpaired) electrons. The Morgan fingerprint density at radius 3 is 2.35 bits per heavy atom. The molecule has 0 aliphatic carbocycles. The van der Waals surface area contributed by atoms with Crippen LogP contribution < -0.4 is 9.47 Å². The van der Waals surface area contributed by atoms with Gasteiger partial charge in [0.2, 0.25) is 0 Å². The van der Waals surface area contributed by atoms with Crippen molar-refractivity contribution < 1.29 is 14.2 Å². The summed E-state index contributed by atoms with van der Waals surface area (Å²) in [6, 6.07) is 14.8. The zero-order valence-electron chi connectivity index (χ0n) is 20.9. The highest BCUT2D eigenvalue weighted by Gasteiger charge is 2.35. The van der Waals surface area contributed by atoms with Crippen molar-refractivity contribution in [2.24, 2.45) is 0 Å². The second kappa shape index (κ2) is 11.1. The number of piperidine rings is 1. The number of rotatable bonds is 10. The van der Waals surface area contributed by atoms with Gasteiger partial charge in [-0.3, -0.25) is 9.58 Å². The van der Waals surface area contributed by atoms with Gasteiger partial charge in [-0.15, -0.1) is 0 Å². The molecule has 6 heteroatoms. The third-order valence-corrected chi connectivity index (χ3v) is 6.70. The zero-order valence-corrected chi connectivity index (χ0v) is 20.9. The average Bonchev–Trinajstić information content (AvgIpc) is 3.26. The molecule has 1 aliphatic heterocycles. The number of ether oxygens (including phenoxy) is 3. The summed E-state index contributed by atoms with van der Waals surface area (Å²) >= 11 is 0. The molecular formula is C28H37N3O3. The Morgan fingerprint density at radius 2 is 1.71 bits per heavy atom. The van der Waals surface area contributed by atoms with Gasteiger partial charge in [0.15, 0.2) is 0 Å². The quantitative estimate of drug-likeness (QED) is 0.426. The molecule has 182 valence electrons. The molecule has 0 saturated carbocycles. The van der Waals surface area contributed by atoms with Gasteiger partial charge < -0.3 is 14.2 Å². The summed E-state index contributed by atoms with van der Waals surface area (Å²) in [5.74, 6) is 1.85. The lowest BCUT2D eigenvalue weighted by Gasteiger charge is -2.40. The smallest absolute Gasteiger partial charge is 0.122 e. The van der Waals surface area contributed by atoms with E-state index >= 15 is 0 Å². The van der Waals surface area contributed by atoms with E-state index in [0.29, 0.717) is 13.2 Å². The molecule has 0 atom stereocenters. The molecular weight excluding hydrogens is 426 g/mol. The summed E-state index contributed by atoms with van der Waals surface area (Å²) in [5.41, 5.74) is 4.67. The number of methoxy groups -OCH3 is 1. The third-order valence-electron chi connectivity index (χ3n) is 6.70. The summed E-state index contributed by atoms with van der Waals surface area (Å²) < 4.78 is 20.0. The molecule has 0 spiro atoms. The number of hydrogen-bond donors (Lipinski definition) is 0. The molecule has 34 heavy (non-hydrogen) atoms. The molecule has 1 fully saturated rings. The van der Waals surface area contributed by atoms with Crippen molar-refractivity contribution in [3.8, 4) is 11.5 Å². The van der Waals surface area contributed by atoms with Crippen LogP contribution >= 0.6 is 0 Å². The second-order valence-corrected chi connectivity index (χ2v) is 9.49. The predicted molar refractivity (Wildman–Crippen MR) is 135 cm³/mol. The number of benzene rings is 2.